The molecule has 0 bridgehead atoms. The maximum Gasteiger partial charge on any atom is 0.267 e. The van der Waals surface area contributed by atoms with E-state index < -0.39 is 0 Å². The number of aromatic nitrogens is 1. The van der Waals surface area contributed by atoms with E-state index in [0.717, 1.165) is 18.0 Å². The van der Waals surface area contributed by atoms with Gasteiger partial charge in [-0.15, -0.1) is 0 Å². The van der Waals surface area contributed by atoms with E-state index in [2.05, 4.69) is 10.3 Å². The van der Waals surface area contributed by atoms with Gasteiger partial charge in [0, 0.05) is 25.2 Å². The average molecular weight is 281 g/mol. The number of carbonyl (C=O) groups excluding carboxylic acids is 1. The molecule has 6 nitrogen and oxygen atoms in total. The second kappa shape index (κ2) is 4.97. The monoisotopic (exact) mass is 281 g/mol. The fraction of sp³-hybridized carbons (Fsp3) is 0.667. The van der Waals surface area contributed by atoms with Crippen LogP contribution >= 0.6 is 11.3 Å². The number of thiazole rings is 1. The maximum atomic E-state index is 12.4. The van der Waals surface area contributed by atoms with Crippen molar-refractivity contribution in [1.82, 2.24) is 9.88 Å². The molecule has 104 valence electrons. The maximum absolute atomic E-state index is 12.4. The zero-order valence-electron chi connectivity index (χ0n) is 10.8. The lowest BCUT2D eigenvalue weighted by Gasteiger charge is -2.29. The van der Waals surface area contributed by atoms with Gasteiger partial charge in [0.1, 0.15) is 10.7 Å². The van der Waals surface area contributed by atoms with Crippen LogP contribution in [0.1, 0.15) is 35.4 Å². The molecule has 1 amide bonds. The molecule has 2 heterocycles. The molecule has 2 aliphatic rings. The lowest BCUT2D eigenvalue weighted by Crippen LogP contribution is -2.42. The first-order valence-electron chi connectivity index (χ1n) is 6.71. The number of hydrogen-bond donors (Lipinski definition) is 3. The molecule has 1 saturated heterocycles. The summed E-state index contributed by atoms with van der Waals surface area (Å²) in [6, 6.07) is 0.733. The third kappa shape index (κ3) is 2.82. The summed E-state index contributed by atoms with van der Waals surface area (Å²) in [6.45, 7) is 1.42. The largest absolute Gasteiger partial charge is 0.382 e. The van der Waals surface area contributed by atoms with E-state index in [4.69, 9.17) is 11.5 Å². The number of amides is 1. The van der Waals surface area contributed by atoms with Crippen LogP contribution in [0.5, 0.6) is 0 Å². The van der Waals surface area contributed by atoms with Crippen LogP contribution in [0.25, 0.3) is 0 Å². The van der Waals surface area contributed by atoms with Crippen LogP contribution < -0.4 is 16.8 Å². The summed E-state index contributed by atoms with van der Waals surface area (Å²) >= 11 is 1.36. The summed E-state index contributed by atoms with van der Waals surface area (Å²) in [7, 11) is 0. The Morgan fingerprint density at radius 2 is 2.00 bits per heavy atom. The molecule has 1 aliphatic heterocycles. The van der Waals surface area contributed by atoms with Gasteiger partial charge in [-0.25, -0.2) is 4.98 Å². The van der Waals surface area contributed by atoms with Crippen LogP contribution in [0, 0.1) is 0 Å². The summed E-state index contributed by atoms with van der Waals surface area (Å²) in [5.41, 5.74) is 11.7. The molecule has 1 aromatic heterocycles. The fourth-order valence-corrected chi connectivity index (χ4v) is 3.12. The van der Waals surface area contributed by atoms with E-state index in [-0.39, 0.29) is 11.9 Å². The molecule has 0 unspecified atom stereocenters. The molecule has 1 aliphatic carbocycles. The number of nitrogens with zero attached hydrogens (tertiary/aromatic N) is 2. The van der Waals surface area contributed by atoms with Gasteiger partial charge >= 0.3 is 0 Å². The lowest BCUT2D eigenvalue weighted by molar-refractivity contribution is 0.0720. The van der Waals surface area contributed by atoms with Crippen molar-refractivity contribution < 1.29 is 4.79 Å². The van der Waals surface area contributed by atoms with Crippen molar-refractivity contribution in [2.45, 2.75) is 37.8 Å². The number of hydrogen-bond acceptors (Lipinski definition) is 6. The summed E-state index contributed by atoms with van der Waals surface area (Å²) in [5, 5.41) is 4.04. The predicted molar refractivity (Wildman–Crippen MR) is 76.3 cm³/mol. The predicted octanol–water partition coefficient (Wildman–Crippen LogP) is 0.863. The molecular formula is C12H19N5OS. The molecule has 19 heavy (non-hydrogen) atoms. The minimum Gasteiger partial charge on any atom is -0.382 e. The molecule has 1 aromatic rings. The molecule has 1 saturated carbocycles. The highest BCUT2D eigenvalue weighted by atomic mass is 32.1. The molecule has 3 rings (SSSR count). The highest BCUT2D eigenvalue weighted by molar-refractivity contribution is 7.18. The van der Waals surface area contributed by atoms with Gasteiger partial charge in [0.25, 0.3) is 5.91 Å². The topological polar surface area (TPSA) is 97.3 Å². The van der Waals surface area contributed by atoms with E-state index >= 15 is 0 Å². The lowest BCUT2D eigenvalue weighted by atomic mass is 10.1. The summed E-state index contributed by atoms with van der Waals surface area (Å²) in [4.78, 5) is 19.0. The van der Waals surface area contributed by atoms with E-state index in [1.165, 1.54) is 24.2 Å². The van der Waals surface area contributed by atoms with Crippen molar-refractivity contribution in [3.05, 3.63) is 4.88 Å². The van der Waals surface area contributed by atoms with Crippen LogP contribution in [0.4, 0.5) is 10.9 Å². The second-order valence-electron chi connectivity index (χ2n) is 5.28. The Balaban J connectivity index is 1.69. The van der Waals surface area contributed by atoms with Gasteiger partial charge in [0.2, 0.25) is 0 Å². The Morgan fingerprint density at radius 1 is 1.32 bits per heavy atom. The highest BCUT2D eigenvalue weighted by Crippen LogP contribution is 2.31. The van der Waals surface area contributed by atoms with Crippen molar-refractivity contribution >= 4 is 28.2 Å². The number of likely N-dealkylation sites (tertiary alicyclic amines) is 1. The third-order valence-corrected chi connectivity index (χ3v) is 4.57. The molecule has 5 N–H and O–H groups in total. The molecule has 7 heteroatoms. The Morgan fingerprint density at radius 3 is 2.63 bits per heavy atom. The number of carbonyl (C=O) groups is 1. The van der Waals surface area contributed by atoms with Crippen molar-refractivity contribution in [3.8, 4) is 0 Å². The van der Waals surface area contributed by atoms with Gasteiger partial charge in [-0.1, -0.05) is 11.3 Å². The van der Waals surface area contributed by atoms with Gasteiger partial charge in [0.15, 0.2) is 5.13 Å². The summed E-state index contributed by atoms with van der Waals surface area (Å²) in [5.74, 6) is 0.332. The molecular weight excluding hydrogens is 262 g/mol. The molecule has 0 aromatic carbocycles. The first kappa shape index (κ1) is 12.7. The molecule has 0 atom stereocenters. The number of piperidine rings is 1. The van der Waals surface area contributed by atoms with Crippen LogP contribution in [0.3, 0.4) is 0 Å². The van der Waals surface area contributed by atoms with Gasteiger partial charge < -0.3 is 21.7 Å². The standard InChI is InChI=1S/C12H19N5OS/c13-7-3-5-17(6-4-7)11(18)9-10(14)16-12(19-9)15-8-1-2-8/h7-8H,1-6,13-14H2,(H,15,16). The molecule has 0 radical (unpaired) electrons. The van der Waals surface area contributed by atoms with Gasteiger partial charge in [-0.2, -0.15) is 0 Å². The normalized spacial score (nSPS) is 20.6. The number of nitrogens with one attached hydrogen (secondary N) is 1. The molecule has 2 fully saturated rings. The Labute approximate surface area is 116 Å². The minimum absolute atomic E-state index is 0.00857. The third-order valence-electron chi connectivity index (χ3n) is 3.58. The highest BCUT2D eigenvalue weighted by Gasteiger charge is 2.27. The SMILES string of the molecule is Nc1nc(NC2CC2)sc1C(=O)N1CCC(N)CC1. The van der Waals surface area contributed by atoms with Gasteiger partial charge in [0.05, 0.1) is 0 Å². The minimum atomic E-state index is -0.00857. The molecule has 0 spiro atoms. The van der Waals surface area contributed by atoms with Crippen LogP contribution in [0.2, 0.25) is 0 Å². The Kier molecular flexibility index (Phi) is 3.32. The fourth-order valence-electron chi connectivity index (χ4n) is 2.20. The van der Waals surface area contributed by atoms with Gasteiger partial charge in [-0.3, -0.25) is 4.79 Å². The first-order valence-corrected chi connectivity index (χ1v) is 7.53. The van der Waals surface area contributed by atoms with Gasteiger partial charge in [-0.05, 0) is 25.7 Å². The zero-order chi connectivity index (χ0) is 13.4. The van der Waals surface area contributed by atoms with Crippen LogP contribution in [-0.4, -0.2) is 41.0 Å². The van der Waals surface area contributed by atoms with E-state index in [9.17, 15) is 4.79 Å². The smallest absolute Gasteiger partial charge is 0.267 e. The van der Waals surface area contributed by atoms with Crippen molar-refractivity contribution in [1.29, 1.82) is 0 Å². The second-order valence-corrected chi connectivity index (χ2v) is 6.28. The van der Waals surface area contributed by atoms with Crippen molar-refractivity contribution in [2.75, 3.05) is 24.1 Å². The Hall–Kier alpha value is -1.34. The number of nitrogen functional groups attached to an aromatic ring is 1. The average Bonchev–Trinajstić information content (AvgIpc) is 3.12. The van der Waals surface area contributed by atoms with E-state index in [1.54, 1.807) is 0 Å². The summed E-state index contributed by atoms with van der Waals surface area (Å²) < 4.78 is 0. The zero-order valence-corrected chi connectivity index (χ0v) is 11.6. The number of anilines is 2. The number of nitrogens with two attached hydrogens (primary N) is 2. The summed E-state index contributed by atoms with van der Waals surface area (Å²) in [6.07, 6.45) is 4.06. The van der Waals surface area contributed by atoms with E-state index in [0.29, 0.717) is 29.8 Å². The number of rotatable bonds is 3. The quantitative estimate of drug-likeness (QED) is 0.763. The van der Waals surface area contributed by atoms with Crippen molar-refractivity contribution in [2.24, 2.45) is 5.73 Å². The Bertz CT molecular complexity index is 476. The van der Waals surface area contributed by atoms with Crippen LogP contribution in [-0.2, 0) is 0 Å². The van der Waals surface area contributed by atoms with Crippen LogP contribution in [0.15, 0.2) is 0 Å². The van der Waals surface area contributed by atoms with E-state index in [1.807, 2.05) is 4.90 Å². The first-order chi connectivity index (χ1) is 9.13. The van der Waals surface area contributed by atoms with Crippen molar-refractivity contribution in [3.63, 3.8) is 0 Å².